The van der Waals surface area contributed by atoms with Gasteiger partial charge in [-0.3, -0.25) is 10.5 Å². The van der Waals surface area contributed by atoms with Crippen LogP contribution in [0.5, 0.6) is 0 Å². The van der Waals surface area contributed by atoms with Gasteiger partial charge in [0.2, 0.25) is 0 Å². The molecule has 4 rings (SSSR count). The lowest BCUT2D eigenvalue weighted by molar-refractivity contribution is -0.585. The molecule has 0 radical (unpaired) electrons. The van der Waals surface area contributed by atoms with Gasteiger partial charge in [-0.05, 0) is 18.2 Å². The number of aromatic amines is 1. The average Bonchev–Trinajstić information content (AvgIpc) is 3.15. The van der Waals surface area contributed by atoms with E-state index in [0.29, 0.717) is 12.4 Å². The first-order chi connectivity index (χ1) is 11.7. The van der Waals surface area contributed by atoms with Gasteiger partial charge in [0.25, 0.3) is 11.7 Å². The highest BCUT2D eigenvalue weighted by Crippen LogP contribution is 2.19. The molecule has 1 aliphatic heterocycles. The second-order valence-corrected chi connectivity index (χ2v) is 6.48. The summed E-state index contributed by atoms with van der Waals surface area (Å²) in [5.41, 5.74) is 12.9. The van der Waals surface area contributed by atoms with Crippen LogP contribution in [0.3, 0.4) is 0 Å². The first-order valence-corrected chi connectivity index (χ1v) is 8.54. The minimum absolute atomic E-state index is 0.115. The summed E-state index contributed by atoms with van der Waals surface area (Å²) in [6.45, 7) is 0.586. The number of nitrogens with one attached hydrogen (secondary N) is 2. The fourth-order valence-electron chi connectivity index (χ4n) is 2.72. The Morgan fingerprint density at radius 1 is 1.25 bits per heavy atom. The van der Waals surface area contributed by atoms with E-state index in [1.54, 1.807) is 4.68 Å². The number of thioether (sulfide) groups is 1. The van der Waals surface area contributed by atoms with Crippen LogP contribution in [0.4, 0.5) is 0 Å². The average molecular weight is 338 g/mol. The molecule has 2 aromatic carbocycles. The lowest BCUT2D eigenvalue weighted by Gasteiger charge is -2.04. The molecule has 3 aromatic rings. The molecule has 0 fully saturated rings. The molecule has 1 aromatic heterocycles. The molecule has 0 bridgehead atoms. The molecule has 2 heterocycles. The van der Waals surface area contributed by atoms with Crippen molar-refractivity contribution in [2.24, 2.45) is 5.73 Å². The number of hydrogen-bond acceptors (Lipinski definition) is 4. The van der Waals surface area contributed by atoms with Gasteiger partial charge in [0.15, 0.2) is 5.16 Å². The SMILES string of the molecule is NC1=[N+](NC(=O)CSc2nc3ccccc3[nH]2)Cc2ccccc21. The van der Waals surface area contributed by atoms with Crippen LogP contribution in [0.25, 0.3) is 11.0 Å². The maximum atomic E-state index is 12.2. The van der Waals surface area contributed by atoms with Gasteiger partial charge in [-0.15, -0.1) is 0 Å². The van der Waals surface area contributed by atoms with E-state index < -0.39 is 0 Å². The maximum absolute atomic E-state index is 12.2. The number of rotatable bonds is 4. The van der Waals surface area contributed by atoms with E-state index in [-0.39, 0.29) is 11.7 Å². The zero-order valence-electron chi connectivity index (χ0n) is 12.8. The first-order valence-electron chi connectivity index (χ1n) is 7.56. The molecule has 0 aliphatic carbocycles. The minimum atomic E-state index is -0.115. The van der Waals surface area contributed by atoms with Gasteiger partial charge in [0.1, 0.15) is 6.54 Å². The van der Waals surface area contributed by atoms with Crippen LogP contribution in [-0.4, -0.2) is 32.1 Å². The van der Waals surface area contributed by atoms with Gasteiger partial charge in [0.05, 0.1) is 22.3 Å². The number of hydrazone groups is 1. The fourth-order valence-corrected chi connectivity index (χ4v) is 3.40. The van der Waals surface area contributed by atoms with Gasteiger partial charge in [0, 0.05) is 5.56 Å². The Labute approximate surface area is 142 Å². The van der Waals surface area contributed by atoms with Gasteiger partial charge >= 0.3 is 0 Å². The van der Waals surface area contributed by atoms with E-state index in [9.17, 15) is 4.79 Å². The van der Waals surface area contributed by atoms with Crippen molar-refractivity contribution < 1.29 is 9.48 Å². The van der Waals surface area contributed by atoms with Crippen LogP contribution >= 0.6 is 11.8 Å². The Morgan fingerprint density at radius 2 is 2.04 bits per heavy atom. The van der Waals surface area contributed by atoms with Crippen LogP contribution < -0.4 is 11.2 Å². The molecule has 1 aliphatic rings. The summed E-state index contributed by atoms with van der Waals surface area (Å²) >= 11 is 1.37. The third kappa shape index (κ3) is 2.74. The predicted molar refractivity (Wildman–Crippen MR) is 93.7 cm³/mol. The van der Waals surface area contributed by atoms with Crippen molar-refractivity contribution in [3.8, 4) is 0 Å². The van der Waals surface area contributed by atoms with Crippen molar-refractivity contribution in [2.75, 3.05) is 5.75 Å². The summed E-state index contributed by atoms with van der Waals surface area (Å²) in [6.07, 6.45) is 0. The molecular formula is C17H16N5OS+. The van der Waals surface area contributed by atoms with Gasteiger partial charge in [-0.1, -0.05) is 42.1 Å². The molecule has 4 N–H and O–H groups in total. The van der Waals surface area contributed by atoms with E-state index in [2.05, 4.69) is 15.4 Å². The summed E-state index contributed by atoms with van der Waals surface area (Å²) in [5.74, 6) is 0.726. The summed E-state index contributed by atoms with van der Waals surface area (Å²) < 4.78 is 1.69. The van der Waals surface area contributed by atoms with Crippen molar-refractivity contribution in [1.82, 2.24) is 15.4 Å². The van der Waals surface area contributed by atoms with Gasteiger partial charge in [-0.2, -0.15) is 10.1 Å². The fraction of sp³-hybridized carbons (Fsp3) is 0.118. The van der Waals surface area contributed by atoms with E-state index in [1.807, 2.05) is 48.5 Å². The van der Waals surface area contributed by atoms with Crippen LogP contribution in [-0.2, 0) is 11.3 Å². The number of carbonyl (C=O) groups excluding carboxylic acids is 1. The zero-order chi connectivity index (χ0) is 16.5. The molecule has 120 valence electrons. The quantitative estimate of drug-likeness (QED) is 0.498. The van der Waals surface area contributed by atoms with E-state index in [0.717, 1.165) is 27.3 Å². The maximum Gasteiger partial charge on any atom is 0.299 e. The molecular weight excluding hydrogens is 322 g/mol. The Hall–Kier alpha value is -2.80. The lowest BCUT2D eigenvalue weighted by Crippen LogP contribution is -2.39. The summed E-state index contributed by atoms with van der Waals surface area (Å²) in [5, 5.41) is 0.730. The minimum Gasteiger partial charge on any atom is -0.333 e. The third-order valence-electron chi connectivity index (χ3n) is 3.88. The highest BCUT2D eigenvalue weighted by Gasteiger charge is 2.25. The van der Waals surface area contributed by atoms with Crippen molar-refractivity contribution in [3.05, 3.63) is 59.7 Å². The largest absolute Gasteiger partial charge is 0.333 e. The third-order valence-corrected chi connectivity index (χ3v) is 4.75. The lowest BCUT2D eigenvalue weighted by atomic mass is 10.1. The number of amidine groups is 1. The summed E-state index contributed by atoms with van der Waals surface area (Å²) in [4.78, 5) is 19.8. The topological polar surface area (TPSA) is 86.8 Å². The van der Waals surface area contributed by atoms with Crippen molar-refractivity contribution in [2.45, 2.75) is 11.7 Å². The number of aromatic nitrogens is 2. The highest BCUT2D eigenvalue weighted by atomic mass is 32.2. The Kier molecular flexibility index (Phi) is 3.70. The van der Waals surface area contributed by atoms with E-state index >= 15 is 0 Å². The monoisotopic (exact) mass is 338 g/mol. The van der Waals surface area contributed by atoms with Crippen LogP contribution in [0, 0.1) is 0 Å². The number of carbonyl (C=O) groups is 1. The van der Waals surface area contributed by atoms with Crippen LogP contribution in [0.15, 0.2) is 53.7 Å². The smallest absolute Gasteiger partial charge is 0.299 e. The number of nitrogens with zero attached hydrogens (tertiary/aromatic N) is 2. The van der Waals surface area contributed by atoms with Gasteiger partial charge in [-0.25, -0.2) is 4.98 Å². The number of para-hydroxylation sites is 2. The zero-order valence-corrected chi connectivity index (χ0v) is 13.6. The van der Waals surface area contributed by atoms with Crippen LogP contribution in [0.2, 0.25) is 0 Å². The second-order valence-electron chi connectivity index (χ2n) is 5.51. The predicted octanol–water partition coefficient (Wildman–Crippen LogP) is 1.62. The van der Waals surface area contributed by atoms with E-state index in [1.165, 1.54) is 11.8 Å². The number of nitrogens with two attached hydrogens (primary N) is 1. The molecule has 0 spiro atoms. The number of H-pyrrole nitrogens is 1. The number of imidazole rings is 1. The van der Waals surface area contributed by atoms with Gasteiger partial charge < -0.3 is 4.98 Å². The number of hydrogen-bond donors (Lipinski definition) is 3. The summed E-state index contributed by atoms with van der Waals surface area (Å²) in [7, 11) is 0. The van der Waals surface area contributed by atoms with Crippen molar-refractivity contribution in [3.63, 3.8) is 0 Å². The molecule has 1 amide bonds. The molecule has 0 saturated carbocycles. The molecule has 24 heavy (non-hydrogen) atoms. The number of hydrazine groups is 1. The molecule has 6 nitrogen and oxygen atoms in total. The van der Waals surface area contributed by atoms with Crippen molar-refractivity contribution in [1.29, 1.82) is 0 Å². The summed E-state index contributed by atoms with van der Waals surface area (Å²) in [6, 6.07) is 15.7. The molecule has 0 atom stereocenters. The van der Waals surface area contributed by atoms with Crippen molar-refractivity contribution >= 4 is 34.5 Å². The molecule has 7 heteroatoms. The second kappa shape index (κ2) is 6.01. The number of amides is 1. The standard InChI is InChI=1S/C17H15N5OS/c18-16-12-6-2-1-5-11(12)9-22(16)21-15(23)10-24-17-19-13-7-3-4-8-14(13)20-17/h1-8,18H,9-10H2,(H2,19,20,21,23)/p+1. The Balaban J connectivity index is 1.40. The highest BCUT2D eigenvalue weighted by molar-refractivity contribution is 7.99. The number of fused-ring (bicyclic) bond motifs is 2. The first kappa shape index (κ1) is 14.8. The Bertz CT molecular complexity index is 929. The Morgan fingerprint density at radius 3 is 2.88 bits per heavy atom. The van der Waals surface area contributed by atoms with Crippen LogP contribution in [0.1, 0.15) is 11.1 Å². The van der Waals surface area contributed by atoms with E-state index in [4.69, 9.17) is 5.73 Å². The number of benzene rings is 2. The normalized spacial score (nSPS) is 13.3. The molecule has 0 unspecified atom stereocenters. The molecule has 0 saturated heterocycles.